The van der Waals surface area contributed by atoms with Crippen molar-refractivity contribution >= 4 is 38.9 Å². The fraction of sp³-hybridized carbons (Fsp3) is 0.111. The maximum atomic E-state index is 12.3. The van der Waals surface area contributed by atoms with Gasteiger partial charge >= 0.3 is 0 Å². The zero-order chi connectivity index (χ0) is 16.9. The van der Waals surface area contributed by atoms with Gasteiger partial charge in [-0.1, -0.05) is 12.1 Å². The first-order valence-corrected chi connectivity index (χ1v) is 8.99. The topological polar surface area (TPSA) is 51.2 Å². The van der Waals surface area contributed by atoms with Crippen molar-refractivity contribution in [1.29, 1.82) is 0 Å². The molecule has 1 aromatic heterocycles. The van der Waals surface area contributed by atoms with Gasteiger partial charge in [-0.05, 0) is 59.3 Å². The summed E-state index contributed by atoms with van der Waals surface area (Å²) < 4.78 is 6.53. The first-order valence-electron chi connectivity index (χ1n) is 7.31. The summed E-state index contributed by atoms with van der Waals surface area (Å²) in [6, 6.07) is 14.6. The van der Waals surface area contributed by atoms with Crippen LogP contribution < -0.4 is 10.1 Å². The number of amides is 1. The number of carbonyl (C=O) groups is 1. The Morgan fingerprint density at radius 3 is 2.62 bits per heavy atom. The van der Waals surface area contributed by atoms with E-state index in [1.165, 1.54) is 0 Å². The van der Waals surface area contributed by atoms with E-state index in [0.29, 0.717) is 17.9 Å². The van der Waals surface area contributed by atoms with E-state index in [9.17, 15) is 4.79 Å². The van der Waals surface area contributed by atoms with Gasteiger partial charge < -0.3 is 10.1 Å². The maximum Gasteiger partial charge on any atom is 0.255 e. The number of aryl methyl sites for hydroxylation is 1. The van der Waals surface area contributed by atoms with Crippen molar-refractivity contribution in [1.82, 2.24) is 4.98 Å². The lowest BCUT2D eigenvalue weighted by atomic mass is 10.2. The number of ether oxygens (including phenoxy) is 1. The number of halogens is 1. The molecule has 0 saturated carbocycles. The molecule has 3 rings (SSSR count). The van der Waals surface area contributed by atoms with Gasteiger partial charge in [0, 0.05) is 15.4 Å². The third kappa shape index (κ3) is 4.21. The molecule has 0 spiro atoms. The Morgan fingerprint density at radius 2 is 1.96 bits per heavy atom. The second-order valence-electron chi connectivity index (χ2n) is 5.10. The molecule has 3 aromatic rings. The highest BCUT2D eigenvalue weighted by Crippen LogP contribution is 2.22. The highest BCUT2D eigenvalue weighted by atomic mass is 79.9. The standard InChI is InChI=1S/C18H15BrN2O2S/c1-12-20-14(11-24-12)10-23-15-8-6-13(7-9-15)18(22)21-17-5-3-2-4-16(17)19/h2-9,11H,10H2,1H3,(H,21,22). The van der Waals surface area contributed by atoms with Gasteiger partial charge in [-0.2, -0.15) is 0 Å². The molecule has 4 nitrogen and oxygen atoms in total. The molecule has 0 unspecified atom stereocenters. The lowest BCUT2D eigenvalue weighted by Gasteiger charge is -2.08. The number of nitrogens with zero attached hydrogens (tertiary/aromatic N) is 1. The van der Waals surface area contributed by atoms with E-state index in [0.717, 1.165) is 20.9 Å². The van der Waals surface area contributed by atoms with Crippen molar-refractivity contribution in [2.75, 3.05) is 5.32 Å². The number of benzene rings is 2. The minimum Gasteiger partial charge on any atom is -0.487 e. The Labute approximate surface area is 152 Å². The normalized spacial score (nSPS) is 10.4. The Kier molecular flexibility index (Phi) is 5.27. The molecule has 1 amide bonds. The molecule has 0 fully saturated rings. The molecule has 6 heteroatoms. The Balaban J connectivity index is 1.61. The summed E-state index contributed by atoms with van der Waals surface area (Å²) in [5, 5.41) is 5.87. The molecule has 0 atom stereocenters. The zero-order valence-electron chi connectivity index (χ0n) is 13.0. The number of hydrogen-bond donors (Lipinski definition) is 1. The third-order valence-corrected chi connectivity index (χ3v) is 4.81. The van der Waals surface area contributed by atoms with Crippen molar-refractivity contribution in [2.45, 2.75) is 13.5 Å². The summed E-state index contributed by atoms with van der Waals surface area (Å²) in [6.07, 6.45) is 0. The highest BCUT2D eigenvalue weighted by Gasteiger charge is 2.08. The summed E-state index contributed by atoms with van der Waals surface area (Å²) in [7, 11) is 0. The number of aromatic nitrogens is 1. The zero-order valence-corrected chi connectivity index (χ0v) is 15.4. The molecule has 0 aliphatic heterocycles. The summed E-state index contributed by atoms with van der Waals surface area (Å²) in [5.41, 5.74) is 2.22. The van der Waals surface area contributed by atoms with E-state index in [1.54, 1.807) is 35.6 Å². The molecular formula is C18H15BrN2O2S. The molecule has 0 bridgehead atoms. The summed E-state index contributed by atoms with van der Waals surface area (Å²) in [4.78, 5) is 16.6. The van der Waals surface area contributed by atoms with Crippen LogP contribution in [0, 0.1) is 6.92 Å². The number of carbonyl (C=O) groups excluding carboxylic acids is 1. The van der Waals surface area contributed by atoms with E-state index in [2.05, 4.69) is 26.2 Å². The van der Waals surface area contributed by atoms with E-state index >= 15 is 0 Å². The quantitative estimate of drug-likeness (QED) is 0.649. The van der Waals surface area contributed by atoms with Crippen LogP contribution >= 0.6 is 27.3 Å². The second-order valence-corrected chi connectivity index (χ2v) is 7.02. The van der Waals surface area contributed by atoms with Crippen molar-refractivity contribution in [3.05, 3.63) is 74.6 Å². The molecule has 0 aliphatic rings. The number of anilines is 1. The first-order chi connectivity index (χ1) is 11.6. The average molecular weight is 403 g/mol. The maximum absolute atomic E-state index is 12.3. The average Bonchev–Trinajstić information content (AvgIpc) is 3.01. The summed E-state index contributed by atoms with van der Waals surface area (Å²) in [6.45, 7) is 2.39. The summed E-state index contributed by atoms with van der Waals surface area (Å²) in [5.74, 6) is 0.543. The SMILES string of the molecule is Cc1nc(COc2ccc(C(=O)Nc3ccccc3Br)cc2)cs1. The molecule has 1 N–H and O–H groups in total. The summed E-state index contributed by atoms with van der Waals surface area (Å²) >= 11 is 5.01. The minimum atomic E-state index is -0.163. The predicted octanol–water partition coefficient (Wildman–Crippen LogP) is 5.05. The predicted molar refractivity (Wildman–Crippen MR) is 99.7 cm³/mol. The van der Waals surface area contributed by atoms with Crippen LogP contribution in [0.25, 0.3) is 0 Å². The highest BCUT2D eigenvalue weighted by molar-refractivity contribution is 9.10. The minimum absolute atomic E-state index is 0.163. The van der Waals surface area contributed by atoms with Crippen LogP contribution in [0.5, 0.6) is 5.75 Å². The first kappa shape index (κ1) is 16.7. The number of para-hydroxylation sites is 1. The van der Waals surface area contributed by atoms with Gasteiger partial charge in [0.25, 0.3) is 5.91 Å². The van der Waals surface area contributed by atoms with Crippen LogP contribution in [0.2, 0.25) is 0 Å². The van der Waals surface area contributed by atoms with Gasteiger partial charge in [0.15, 0.2) is 0 Å². The fourth-order valence-electron chi connectivity index (χ4n) is 2.09. The third-order valence-electron chi connectivity index (χ3n) is 3.29. The van der Waals surface area contributed by atoms with Crippen LogP contribution in [0.4, 0.5) is 5.69 Å². The monoisotopic (exact) mass is 402 g/mol. The largest absolute Gasteiger partial charge is 0.487 e. The van der Waals surface area contributed by atoms with E-state index in [1.807, 2.05) is 36.6 Å². The van der Waals surface area contributed by atoms with Gasteiger partial charge in [-0.25, -0.2) is 4.98 Å². The van der Waals surface area contributed by atoms with Crippen LogP contribution in [0.15, 0.2) is 58.4 Å². The van der Waals surface area contributed by atoms with Crippen LogP contribution in [0.1, 0.15) is 21.1 Å². The fourth-order valence-corrected chi connectivity index (χ4v) is 3.07. The molecule has 1 heterocycles. The van der Waals surface area contributed by atoms with Crippen LogP contribution in [-0.4, -0.2) is 10.9 Å². The smallest absolute Gasteiger partial charge is 0.255 e. The second kappa shape index (κ2) is 7.59. The van der Waals surface area contributed by atoms with Gasteiger partial charge in [-0.15, -0.1) is 11.3 Å². The van der Waals surface area contributed by atoms with E-state index in [4.69, 9.17) is 4.74 Å². The molecule has 122 valence electrons. The van der Waals surface area contributed by atoms with Gasteiger partial charge in [0.05, 0.1) is 16.4 Å². The molecule has 0 saturated heterocycles. The van der Waals surface area contributed by atoms with Crippen molar-refractivity contribution < 1.29 is 9.53 Å². The molecule has 0 radical (unpaired) electrons. The number of thiazole rings is 1. The molecule has 2 aromatic carbocycles. The van der Waals surface area contributed by atoms with Gasteiger partial charge in [0.2, 0.25) is 0 Å². The molecule has 24 heavy (non-hydrogen) atoms. The Morgan fingerprint density at radius 1 is 1.21 bits per heavy atom. The van der Waals surface area contributed by atoms with Crippen LogP contribution in [-0.2, 0) is 6.61 Å². The Bertz CT molecular complexity index is 846. The molecular weight excluding hydrogens is 388 g/mol. The van der Waals surface area contributed by atoms with E-state index in [-0.39, 0.29) is 5.91 Å². The Hall–Kier alpha value is -2.18. The van der Waals surface area contributed by atoms with Crippen molar-refractivity contribution in [3.8, 4) is 5.75 Å². The molecule has 0 aliphatic carbocycles. The van der Waals surface area contributed by atoms with Gasteiger partial charge in [-0.3, -0.25) is 4.79 Å². The number of nitrogens with one attached hydrogen (secondary N) is 1. The van der Waals surface area contributed by atoms with Crippen molar-refractivity contribution in [3.63, 3.8) is 0 Å². The van der Waals surface area contributed by atoms with Gasteiger partial charge in [0.1, 0.15) is 12.4 Å². The number of rotatable bonds is 5. The van der Waals surface area contributed by atoms with Crippen molar-refractivity contribution in [2.24, 2.45) is 0 Å². The lowest BCUT2D eigenvalue weighted by molar-refractivity contribution is 0.102. The number of hydrogen-bond acceptors (Lipinski definition) is 4. The van der Waals surface area contributed by atoms with E-state index < -0.39 is 0 Å². The van der Waals surface area contributed by atoms with Crippen LogP contribution in [0.3, 0.4) is 0 Å². The lowest BCUT2D eigenvalue weighted by Crippen LogP contribution is -2.12.